The van der Waals surface area contributed by atoms with E-state index in [9.17, 15) is 4.79 Å². The average Bonchev–Trinajstić information content (AvgIpc) is 2.56. The fourth-order valence-electron chi connectivity index (χ4n) is 1.82. The van der Waals surface area contributed by atoms with Crippen molar-refractivity contribution >= 4 is 27.3 Å². The van der Waals surface area contributed by atoms with Crippen molar-refractivity contribution in [2.75, 3.05) is 14.1 Å². The predicted octanol–water partition coefficient (Wildman–Crippen LogP) is 2.55. The summed E-state index contributed by atoms with van der Waals surface area (Å²) in [6.45, 7) is 2.01. The number of halogens is 1. The van der Waals surface area contributed by atoms with Gasteiger partial charge in [-0.05, 0) is 28.4 Å². The van der Waals surface area contributed by atoms with Gasteiger partial charge in [0.15, 0.2) is 0 Å². The number of Topliss-reactive ketones (excluding diaryl/α,β-unsaturated/α-hetero) is 1. The molecule has 1 aromatic rings. The number of hydrogen-bond donors (Lipinski definition) is 0. The van der Waals surface area contributed by atoms with Crippen LogP contribution in [0.3, 0.4) is 0 Å². The summed E-state index contributed by atoms with van der Waals surface area (Å²) < 4.78 is 5.51. The first-order valence-electron chi connectivity index (χ1n) is 5.34. The van der Waals surface area contributed by atoms with E-state index >= 15 is 0 Å². The van der Waals surface area contributed by atoms with E-state index in [2.05, 4.69) is 15.9 Å². The van der Waals surface area contributed by atoms with Crippen molar-refractivity contribution in [1.82, 2.24) is 4.90 Å². The molecule has 0 amide bonds. The largest absolute Gasteiger partial charge is 0.455 e. The fraction of sp³-hybridized carbons (Fsp3) is 0.308. The van der Waals surface area contributed by atoms with Gasteiger partial charge in [-0.15, -0.1) is 0 Å². The van der Waals surface area contributed by atoms with Crippen LogP contribution in [0, 0.1) is 6.92 Å². The first-order chi connectivity index (χ1) is 8.00. The molecule has 0 saturated carbocycles. The second-order valence-electron chi connectivity index (χ2n) is 4.24. The summed E-state index contributed by atoms with van der Waals surface area (Å²) in [5.41, 5.74) is 2.67. The molecule has 1 atom stereocenters. The third kappa shape index (κ3) is 2.22. The van der Waals surface area contributed by atoms with Crippen molar-refractivity contribution in [2.24, 2.45) is 0 Å². The number of benzene rings is 1. The summed E-state index contributed by atoms with van der Waals surface area (Å²) in [7, 11) is 3.73. The summed E-state index contributed by atoms with van der Waals surface area (Å²) in [6.07, 6.45) is 0. The number of aryl methyl sites for hydroxylation is 1. The minimum Gasteiger partial charge on any atom is -0.455 e. The molecule has 1 aliphatic rings. The average molecular weight is 296 g/mol. The van der Waals surface area contributed by atoms with E-state index in [4.69, 9.17) is 4.74 Å². The number of rotatable bonds is 2. The number of ether oxygens (including phenoxy) is 1. The van der Waals surface area contributed by atoms with Crippen LogP contribution in [0.4, 0.5) is 0 Å². The normalized spacial score (nSPS) is 19.5. The first-order valence-corrected chi connectivity index (χ1v) is 6.26. The van der Waals surface area contributed by atoms with Crippen LogP contribution in [0.2, 0.25) is 0 Å². The Bertz CT molecular complexity index is 494. The van der Waals surface area contributed by atoms with Gasteiger partial charge in [-0.2, -0.15) is 0 Å². The Balaban J connectivity index is 2.53. The van der Waals surface area contributed by atoms with Gasteiger partial charge in [0.2, 0.25) is 16.7 Å². The highest BCUT2D eigenvalue weighted by molar-refractivity contribution is 9.09. The lowest BCUT2D eigenvalue weighted by Crippen LogP contribution is -2.13. The molecule has 90 valence electrons. The van der Waals surface area contributed by atoms with Crippen molar-refractivity contribution in [3.8, 4) is 0 Å². The molecule has 1 aromatic carbocycles. The lowest BCUT2D eigenvalue weighted by Gasteiger charge is -2.15. The molecule has 0 N–H and O–H groups in total. The molecule has 0 radical (unpaired) electrons. The van der Waals surface area contributed by atoms with Gasteiger partial charge in [0.25, 0.3) is 0 Å². The Morgan fingerprint density at radius 2 is 2.06 bits per heavy atom. The lowest BCUT2D eigenvalue weighted by molar-refractivity contribution is -0.116. The van der Waals surface area contributed by atoms with E-state index in [1.165, 1.54) is 0 Å². The van der Waals surface area contributed by atoms with E-state index in [1.807, 2.05) is 50.2 Å². The zero-order valence-corrected chi connectivity index (χ0v) is 11.6. The summed E-state index contributed by atoms with van der Waals surface area (Å²) in [6, 6.07) is 7.87. The minimum atomic E-state index is -0.574. The molecule has 17 heavy (non-hydrogen) atoms. The Kier molecular flexibility index (Phi) is 3.24. The Labute approximate surface area is 109 Å². The van der Waals surface area contributed by atoms with Gasteiger partial charge in [-0.3, -0.25) is 4.79 Å². The topological polar surface area (TPSA) is 29.5 Å². The van der Waals surface area contributed by atoms with Gasteiger partial charge in [-0.25, -0.2) is 0 Å². The van der Waals surface area contributed by atoms with Gasteiger partial charge in [0.1, 0.15) is 0 Å². The molecular weight excluding hydrogens is 282 g/mol. The molecule has 0 saturated heterocycles. The van der Waals surface area contributed by atoms with Crippen LogP contribution in [0.15, 0.2) is 30.1 Å². The highest BCUT2D eigenvalue weighted by atomic mass is 79.9. The van der Waals surface area contributed by atoms with Crippen LogP contribution in [0.5, 0.6) is 0 Å². The molecule has 0 fully saturated rings. The Morgan fingerprint density at radius 1 is 1.35 bits per heavy atom. The molecule has 2 rings (SSSR count). The number of carbonyl (C=O) groups is 1. The maximum atomic E-state index is 12.1. The highest BCUT2D eigenvalue weighted by Gasteiger charge is 2.35. The summed E-state index contributed by atoms with van der Waals surface area (Å²) in [5, 5.41) is -0.574. The molecule has 1 aliphatic heterocycles. The standard InChI is InChI=1S/C13H14BrNO2/c1-8-5-4-6-9(7-8)10-11(16)12(14)17-13(10)15(2)3/h4-7,12H,1-3H3. The minimum absolute atomic E-state index is 0.0284. The maximum absolute atomic E-state index is 12.1. The molecule has 0 aliphatic carbocycles. The highest BCUT2D eigenvalue weighted by Crippen LogP contribution is 2.33. The number of hydrogen-bond acceptors (Lipinski definition) is 3. The van der Waals surface area contributed by atoms with E-state index < -0.39 is 5.01 Å². The van der Waals surface area contributed by atoms with Crippen LogP contribution in [0.1, 0.15) is 11.1 Å². The maximum Gasteiger partial charge on any atom is 0.220 e. The van der Waals surface area contributed by atoms with Crippen LogP contribution in [-0.4, -0.2) is 29.8 Å². The number of alkyl halides is 1. The van der Waals surface area contributed by atoms with Gasteiger partial charge in [-0.1, -0.05) is 29.8 Å². The zero-order chi connectivity index (χ0) is 12.6. The second-order valence-corrected chi connectivity index (χ2v) is 5.07. The van der Waals surface area contributed by atoms with E-state index in [0.29, 0.717) is 11.5 Å². The third-order valence-corrected chi connectivity index (χ3v) is 3.20. The molecule has 0 spiro atoms. The number of ketones is 1. The van der Waals surface area contributed by atoms with Gasteiger partial charge in [0, 0.05) is 14.1 Å². The lowest BCUT2D eigenvalue weighted by atomic mass is 10.0. The second kappa shape index (κ2) is 4.53. The number of nitrogens with zero attached hydrogens (tertiary/aromatic N) is 1. The van der Waals surface area contributed by atoms with Gasteiger partial charge in [0.05, 0.1) is 5.57 Å². The Hall–Kier alpha value is -1.29. The zero-order valence-electron chi connectivity index (χ0n) is 10.0. The van der Waals surface area contributed by atoms with Gasteiger partial charge < -0.3 is 9.64 Å². The van der Waals surface area contributed by atoms with Crippen molar-refractivity contribution in [2.45, 2.75) is 11.9 Å². The van der Waals surface area contributed by atoms with Crippen molar-refractivity contribution in [3.05, 3.63) is 41.3 Å². The molecule has 1 heterocycles. The summed E-state index contributed by atoms with van der Waals surface area (Å²) in [5.74, 6) is 0.585. The van der Waals surface area contributed by atoms with Crippen molar-refractivity contribution in [1.29, 1.82) is 0 Å². The summed E-state index contributed by atoms with van der Waals surface area (Å²) in [4.78, 5) is 13.9. The van der Waals surface area contributed by atoms with Crippen molar-refractivity contribution < 1.29 is 9.53 Å². The van der Waals surface area contributed by atoms with Crippen LogP contribution >= 0.6 is 15.9 Å². The first kappa shape index (κ1) is 12.2. The molecule has 1 unspecified atom stereocenters. The van der Waals surface area contributed by atoms with Crippen LogP contribution in [-0.2, 0) is 9.53 Å². The quantitative estimate of drug-likeness (QED) is 0.786. The van der Waals surface area contributed by atoms with E-state index in [1.54, 1.807) is 0 Å². The SMILES string of the molecule is Cc1cccc(C2=C(N(C)C)OC(Br)C2=O)c1. The molecule has 4 heteroatoms. The monoisotopic (exact) mass is 295 g/mol. The molecular formula is C13H14BrNO2. The molecule has 0 bridgehead atoms. The van der Waals surface area contributed by atoms with Crippen molar-refractivity contribution in [3.63, 3.8) is 0 Å². The van der Waals surface area contributed by atoms with Gasteiger partial charge >= 0.3 is 0 Å². The number of carbonyl (C=O) groups excluding carboxylic acids is 1. The molecule has 3 nitrogen and oxygen atoms in total. The third-order valence-electron chi connectivity index (χ3n) is 2.59. The predicted molar refractivity (Wildman–Crippen MR) is 70.6 cm³/mol. The fourth-order valence-corrected chi connectivity index (χ4v) is 2.23. The smallest absolute Gasteiger partial charge is 0.220 e. The Morgan fingerprint density at radius 3 is 2.65 bits per heavy atom. The van der Waals surface area contributed by atoms with Crippen LogP contribution in [0.25, 0.3) is 5.57 Å². The van der Waals surface area contributed by atoms with E-state index in [0.717, 1.165) is 11.1 Å². The molecule has 0 aromatic heterocycles. The van der Waals surface area contributed by atoms with E-state index in [-0.39, 0.29) is 5.78 Å². The van der Waals surface area contributed by atoms with Crippen LogP contribution < -0.4 is 0 Å². The summed E-state index contributed by atoms with van der Waals surface area (Å²) >= 11 is 3.23.